The third-order valence-corrected chi connectivity index (χ3v) is 14.5. The van der Waals surface area contributed by atoms with Crippen LogP contribution in [0.5, 0.6) is 0 Å². The van der Waals surface area contributed by atoms with E-state index < -0.39 is 0 Å². The fraction of sp³-hybridized carbons (Fsp3) is 0.119. The van der Waals surface area contributed by atoms with Gasteiger partial charge in [-0.2, -0.15) is 0 Å². The van der Waals surface area contributed by atoms with Gasteiger partial charge in [0.15, 0.2) is 0 Å². The summed E-state index contributed by atoms with van der Waals surface area (Å²) in [7, 11) is 0. The molecule has 0 saturated heterocycles. The van der Waals surface area contributed by atoms with Gasteiger partial charge in [-0.3, -0.25) is 0 Å². The summed E-state index contributed by atoms with van der Waals surface area (Å²) in [4.78, 5) is 0. The number of fused-ring (bicyclic) bond motifs is 11. The summed E-state index contributed by atoms with van der Waals surface area (Å²) in [5, 5.41) is 11.0. The zero-order chi connectivity index (χ0) is 39.3. The number of aryl methyl sites for hydroxylation is 2. The Hall–Kier alpha value is -6.76. The summed E-state index contributed by atoms with van der Waals surface area (Å²) in [5.74, 6) is 0. The van der Waals surface area contributed by atoms with Crippen molar-refractivity contribution in [2.45, 2.75) is 46.0 Å². The minimum Gasteiger partial charge on any atom is -0.0651 e. The first-order valence-electron chi connectivity index (χ1n) is 21.4. The van der Waals surface area contributed by atoms with E-state index in [1.165, 1.54) is 143 Å². The molecule has 0 aromatic heterocycles. The lowest BCUT2D eigenvalue weighted by Crippen LogP contribution is -2.15. The van der Waals surface area contributed by atoms with E-state index in [-0.39, 0.29) is 5.41 Å². The van der Waals surface area contributed by atoms with Crippen molar-refractivity contribution in [3.8, 4) is 77.9 Å². The maximum Gasteiger partial charge on any atom is 0.0159 e. The predicted molar refractivity (Wildman–Crippen MR) is 252 cm³/mol. The van der Waals surface area contributed by atoms with Crippen LogP contribution in [0.4, 0.5) is 0 Å². The van der Waals surface area contributed by atoms with E-state index in [0.717, 1.165) is 12.8 Å². The van der Waals surface area contributed by atoms with Crippen LogP contribution in [0.3, 0.4) is 0 Å². The highest BCUT2D eigenvalue weighted by Crippen LogP contribution is 2.55. The lowest BCUT2D eigenvalue weighted by Gasteiger charge is -2.24. The van der Waals surface area contributed by atoms with Crippen LogP contribution in [0.25, 0.3) is 121 Å². The smallest absolute Gasteiger partial charge is 0.0159 e. The van der Waals surface area contributed by atoms with Gasteiger partial charge in [-0.05, 0) is 181 Å². The molecule has 278 valence electrons. The Morgan fingerprint density at radius 3 is 1.42 bits per heavy atom. The van der Waals surface area contributed by atoms with Gasteiger partial charge in [0, 0.05) is 5.41 Å². The van der Waals surface area contributed by atoms with Gasteiger partial charge in [0.2, 0.25) is 0 Å². The van der Waals surface area contributed by atoms with Gasteiger partial charge in [-0.25, -0.2) is 0 Å². The number of rotatable bonds is 4. The van der Waals surface area contributed by atoms with Crippen molar-refractivity contribution in [2.24, 2.45) is 0 Å². The van der Waals surface area contributed by atoms with Crippen LogP contribution in [0.2, 0.25) is 0 Å². The highest BCUT2D eigenvalue weighted by Gasteiger charge is 2.37. The van der Waals surface area contributed by atoms with Crippen molar-refractivity contribution >= 4 is 43.1 Å². The maximum atomic E-state index is 2.57. The van der Waals surface area contributed by atoms with Gasteiger partial charge >= 0.3 is 0 Å². The number of hydrogen-bond donors (Lipinski definition) is 0. The normalized spacial score (nSPS) is 13.7. The third-order valence-electron chi connectivity index (χ3n) is 14.5. The molecule has 13 rings (SSSR count). The molecule has 0 heteroatoms. The van der Waals surface area contributed by atoms with E-state index in [2.05, 4.69) is 185 Å². The topological polar surface area (TPSA) is 0 Å². The molecule has 0 unspecified atom stereocenters. The summed E-state index contributed by atoms with van der Waals surface area (Å²) >= 11 is 0. The minimum absolute atomic E-state index is 0.143. The van der Waals surface area contributed by atoms with E-state index in [1.807, 2.05) is 0 Å². The average Bonchev–Trinajstić information content (AvgIpc) is 3.86. The standard InChI is InChI=1S/C59H42/c1-5-12-38-43-23-21-34(36-25-27-49-41-15-8-6-13-39(41)47-19-10-17-45(36)57(47)49)29-51(43)33(2)52-32-56-54(31-53(38)52)44-24-22-35(30-55(44)59(56,3)4)37-26-28-50-42-16-9-7-14-40(42)48-20-11-18-46(37)58(48)50/h6-11,13-32H,5,12H2,1-4H3. The largest absolute Gasteiger partial charge is 0.0651 e. The molecule has 3 aliphatic carbocycles. The molecule has 0 saturated carbocycles. The summed E-state index contributed by atoms with van der Waals surface area (Å²) < 4.78 is 0. The Bertz CT molecular complexity index is 3480. The zero-order valence-electron chi connectivity index (χ0n) is 33.9. The van der Waals surface area contributed by atoms with Gasteiger partial charge in [0.25, 0.3) is 0 Å². The SMILES string of the molecule is CCCc1c2ccc(-c3ccc4c5c(cccc35)-c3ccccc3-4)cc2c(C)c2cc3c(cc12)-c1ccc(-c2ccc4c5c(cccc25)-c2ccccc2-4)cc1C3(C)C. The summed E-state index contributed by atoms with van der Waals surface area (Å²) in [6.45, 7) is 9.56. The Kier molecular flexibility index (Phi) is 6.58. The van der Waals surface area contributed by atoms with Crippen LogP contribution in [-0.4, -0.2) is 0 Å². The molecule has 10 aromatic carbocycles. The summed E-state index contributed by atoms with van der Waals surface area (Å²) in [6, 6.07) is 60.6. The predicted octanol–water partition coefficient (Wildman–Crippen LogP) is 16.5. The van der Waals surface area contributed by atoms with Crippen LogP contribution in [0.1, 0.15) is 49.4 Å². The highest BCUT2D eigenvalue weighted by atomic mass is 14.4. The highest BCUT2D eigenvalue weighted by molar-refractivity contribution is 6.20. The van der Waals surface area contributed by atoms with Gasteiger partial charge in [-0.1, -0.05) is 161 Å². The molecule has 0 radical (unpaired) electrons. The van der Waals surface area contributed by atoms with Gasteiger partial charge in [0.05, 0.1) is 0 Å². The molecule has 0 heterocycles. The van der Waals surface area contributed by atoms with Crippen molar-refractivity contribution in [1.82, 2.24) is 0 Å². The van der Waals surface area contributed by atoms with Crippen molar-refractivity contribution in [3.63, 3.8) is 0 Å². The molecule has 0 bridgehead atoms. The van der Waals surface area contributed by atoms with Gasteiger partial charge in [0.1, 0.15) is 0 Å². The molecule has 0 spiro atoms. The Morgan fingerprint density at radius 1 is 0.356 bits per heavy atom. The maximum absolute atomic E-state index is 2.57. The van der Waals surface area contributed by atoms with Crippen LogP contribution >= 0.6 is 0 Å². The molecule has 0 fully saturated rings. The quantitative estimate of drug-likeness (QED) is 0.157. The van der Waals surface area contributed by atoms with E-state index in [1.54, 1.807) is 0 Å². The summed E-state index contributed by atoms with van der Waals surface area (Å²) in [6.07, 6.45) is 2.15. The van der Waals surface area contributed by atoms with Crippen molar-refractivity contribution < 1.29 is 0 Å². The first-order valence-corrected chi connectivity index (χ1v) is 21.4. The van der Waals surface area contributed by atoms with Crippen molar-refractivity contribution in [1.29, 1.82) is 0 Å². The Labute approximate surface area is 345 Å². The van der Waals surface area contributed by atoms with Gasteiger partial charge < -0.3 is 0 Å². The van der Waals surface area contributed by atoms with E-state index in [4.69, 9.17) is 0 Å². The molecular formula is C59H42. The second kappa shape index (κ2) is 11.7. The van der Waals surface area contributed by atoms with Gasteiger partial charge in [-0.15, -0.1) is 0 Å². The molecule has 3 aliphatic rings. The molecule has 10 aromatic rings. The van der Waals surface area contributed by atoms with Crippen LogP contribution in [-0.2, 0) is 11.8 Å². The Balaban J connectivity index is 0.968. The second-order valence-corrected chi connectivity index (χ2v) is 17.8. The molecule has 0 atom stereocenters. The van der Waals surface area contributed by atoms with E-state index in [9.17, 15) is 0 Å². The lowest BCUT2D eigenvalue weighted by atomic mass is 9.79. The fourth-order valence-electron chi connectivity index (χ4n) is 11.7. The molecular weight excluding hydrogens is 709 g/mol. The average molecular weight is 751 g/mol. The fourth-order valence-corrected chi connectivity index (χ4v) is 11.7. The molecule has 59 heavy (non-hydrogen) atoms. The van der Waals surface area contributed by atoms with E-state index >= 15 is 0 Å². The van der Waals surface area contributed by atoms with Crippen LogP contribution < -0.4 is 0 Å². The zero-order valence-corrected chi connectivity index (χ0v) is 33.9. The van der Waals surface area contributed by atoms with Crippen molar-refractivity contribution in [3.05, 3.63) is 180 Å². The van der Waals surface area contributed by atoms with Crippen LogP contribution in [0, 0.1) is 6.92 Å². The minimum atomic E-state index is -0.143. The molecule has 0 amide bonds. The van der Waals surface area contributed by atoms with Crippen molar-refractivity contribution in [2.75, 3.05) is 0 Å². The monoisotopic (exact) mass is 750 g/mol. The summed E-state index contributed by atoms with van der Waals surface area (Å²) in [5.41, 5.74) is 24.3. The number of hydrogen-bond acceptors (Lipinski definition) is 0. The molecule has 0 N–H and O–H groups in total. The molecule has 0 nitrogen and oxygen atoms in total. The number of benzene rings is 10. The first kappa shape index (κ1) is 33.2. The third kappa shape index (κ3) is 4.29. The first-order chi connectivity index (χ1) is 28.9. The molecule has 0 aliphatic heterocycles. The van der Waals surface area contributed by atoms with E-state index in [0.29, 0.717) is 0 Å². The second-order valence-electron chi connectivity index (χ2n) is 17.8. The van der Waals surface area contributed by atoms with Crippen LogP contribution in [0.15, 0.2) is 158 Å². The lowest BCUT2D eigenvalue weighted by molar-refractivity contribution is 0.661. The Morgan fingerprint density at radius 2 is 0.831 bits per heavy atom.